The molecule has 0 fully saturated rings. The molecule has 4 nitrogen and oxygen atoms in total. The van der Waals surface area contributed by atoms with Crippen molar-refractivity contribution in [2.45, 2.75) is 18.2 Å². The maximum Gasteiger partial charge on any atom is 0.149 e. The first-order chi connectivity index (χ1) is 8.63. The van der Waals surface area contributed by atoms with Crippen LogP contribution in [0.2, 0.25) is 0 Å². The van der Waals surface area contributed by atoms with Crippen molar-refractivity contribution in [3.8, 4) is 0 Å². The molecule has 18 heavy (non-hydrogen) atoms. The second kappa shape index (κ2) is 5.82. The summed E-state index contributed by atoms with van der Waals surface area (Å²) in [4.78, 5) is 12.9. The van der Waals surface area contributed by atoms with E-state index in [-0.39, 0.29) is 5.78 Å². The molecule has 2 aromatic rings. The Hall–Kier alpha value is -1.62. The van der Waals surface area contributed by atoms with Gasteiger partial charge in [-0.2, -0.15) is 0 Å². The van der Waals surface area contributed by atoms with Gasteiger partial charge >= 0.3 is 0 Å². The lowest BCUT2D eigenvalue weighted by molar-refractivity contribution is -0.116. The molecule has 0 spiro atoms. The molecular weight excluding hydrogens is 246 g/mol. The largest absolute Gasteiger partial charge is 0.298 e. The number of hydrogen-bond acceptors (Lipinski definition) is 4. The second-order valence-electron chi connectivity index (χ2n) is 4.20. The number of rotatable bonds is 5. The third-order valence-electron chi connectivity index (χ3n) is 2.42. The fourth-order valence-electron chi connectivity index (χ4n) is 1.60. The Bertz CT molecular complexity index is 551. The van der Waals surface area contributed by atoms with Gasteiger partial charge in [0.2, 0.25) is 0 Å². The Kier molecular flexibility index (Phi) is 4.15. The standard InChI is InChI=1S/C13H15N3OS/c1-10-4-3-5-13(6-10)18-9-12(17)7-11-8-16(2)15-14-11/h3-6,8H,7,9H2,1-2H3. The highest BCUT2D eigenvalue weighted by Crippen LogP contribution is 2.19. The van der Waals surface area contributed by atoms with E-state index in [0.717, 1.165) is 10.6 Å². The first-order valence-corrected chi connectivity index (χ1v) is 6.68. The van der Waals surface area contributed by atoms with Gasteiger partial charge in [0.05, 0.1) is 17.9 Å². The van der Waals surface area contributed by atoms with Gasteiger partial charge in [0.15, 0.2) is 0 Å². The van der Waals surface area contributed by atoms with Gasteiger partial charge in [0.25, 0.3) is 0 Å². The summed E-state index contributed by atoms with van der Waals surface area (Å²) in [5, 5.41) is 7.71. The molecule has 0 atom stereocenters. The van der Waals surface area contributed by atoms with E-state index in [1.54, 1.807) is 29.7 Å². The van der Waals surface area contributed by atoms with Crippen LogP contribution in [0.1, 0.15) is 11.3 Å². The lowest BCUT2D eigenvalue weighted by atomic mass is 10.2. The van der Waals surface area contributed by atoms with E-state index in [4.69, 9.17) is 0 Å². The van der Waals surface area contributed by atoms with Crippen molar-refractivity contribution in [2.75, 3.05) is 5.75 Å². The van der Waals surface area contributed by atoms with Crippen LogP contribution in [-0.4, -0.2) is 26.5 Å². The molecule has 1 aromatic carbocycles. The Morgan fingerprint density at radius 2 is 2.28 bits per heavy atom. The molecule has 1 heterocycles. The molecule has 0 saturated carbocycles. The van der Waals surface area contributed by atoms with Crippen molar-refractivity contribution >= 4 is 17.5 Å². The quantitative estimate of drug-likeness (QED) is 0.773. The van der Waals surface area contributed by atoms with Crippen molar-refractivity contribution in [3.05, 3.63) is 41.7 Å². The molecule has 0 amide bonds. The van der Waals surface area contributed by atoms with Gasteiger partial charge in [-0.15, -0.1) is 16.9 Å². The van der Waals surface area contributed by atoms with Gasteiger partial charge in [-0.05, 0) is 19.1 Å². The fraction of sp³-hybridized carbons (Fsp3) is 0.308. The summed E-state index contributed by atoms with van der Waals surface area (Å²) < 4.78 is 1.61. The predicted octanol–water partition coefficient (Wildman–Crippen LogP) is 2.03. The van der Waals surface area contributed by atoms with Gasteiger partial charge in [0.1, 0.15) is 5.78 Å². The highest BCUT2D eigenvalue weighted by Gasteiger charge is 2.07. The Labute approximate surface area is 110 Å². The lowest BCUT2D eigenvalue weighted by Crippen LogP contribution is -2.06. The number of carbonyl (C=O) groups excluding carboxylic acids is 1. The average Bonchev–Trinajstić information content (AvgIpc) is 2.72. The number of carbonyl (C=O) groups is 1. The van der Waals surface area contributed by atoms with Crippen LogP contribution in [0, 0.1) is 6.92 Å². The summed E-state index contributed by atoms with van der Waals surface area (Å²) >= 11 is 1.56. The van der Waals surface area contributed by atoms with E-state index < -0.39 is 0 Å². The maximum atomic E-state index is 11.8. The number of nitrogens with zero attached hydrogens (tertiary/aromatic N) is 3. The van der Waals surface area contributed by atoms with E-state index >= 15 is 0 Å². The van der Waals surface area contributed by atoms with Crippen LogP contribution in [0.4, 0.5) is 0 Å². The molecule has 5 heteroatoms. The van der Waals surface area contributed by atoms with Gasteiger partial charge < -0.3 is 0 Å². The molecule has 1 aromatic heterocycles. The molecule has 0 radical (unpaired) electrons. The molecule has 0 saturated heterocycles. The number of thioether (sulfide) groups is 1. The monoisotopic (exact) mass is 261 g/mol. The third-order valence-corrected chi connectivity index (χ3v) is 3.47. The summed E-state index contributed by atoms with van der Waals surface area (Å²) in [6.07, 6.45) is 2.13. The number of aryl methyl sites for hydroxylation is 2. The number of benzene rings is 1. The molecular formula is C13H15N3OS. The summed E-state index contributed by atoms with van der Waals surface area (Å²) in [6, 6.07) is 8.16. The molecule has 0 aliphatic rings. The number of ketones is 1. The van der Waals surface area contributed by atoms with E-state index in [2.05, 4.69) is 16.4 Å². The van der Waals surface area contributed by atoms with Gasteiger partial charge in [-0.3, -0.25) is 9.48 Å². The number of hydrogen-bond donors (Lipinski definition) is 0. The van der Waals surface area contributed by atoms with Crippen molar-refractivity contribution in [2.24, 2.45) is 7.05 Å². The van der Waals surface area contributed by atoms with Crippen LogP contribution in [0.25, 0.3) is 0 Å². The van der Waals surface area contributed by atoms with Crippen LogP contribution in [-0.2, 0) is 18.3 Å². The normalized spacial score (nSPS) is 10.6. The fourth-order valence-corrected chi connectivity index (χ4v) is 2.47. The number of aromatic nitrogens is 3. The van der Waals surface area contributed by atoms with E-state index in [1.807, 2.05) is 25.1 Å². The minimum absolute atomic E-state index is 0.169. The zero-order valence-electron chi connectivity index (χ0n) is 10.5. The van der Waals surface area contributed by atoms with Gasteiger partial charge in [0, 0.05) is 18.1 Å². The Morgan fingerprint density at radius 1 is 1.44 bits per heavy atom. The highest BCUT2D eigenvalue weighted by molar-refractivity contribution is 8.00. The van der Waals surface area contributed by atoms with Crippen molar-refractivity contribution < 1.29 is 4.79 Å². The Morgan fingerprint density at radius 3 is 2.94 bits per heavy atom. The lowest BCUT2D eigenvalue weighted by Gasteiger charge is -2.01. The van der Waals surface area contributed by atoms with Gasteiger partial charge in [-0.25, -0.2) is 0 Å². The average molecular weight is 261 g/mol. The van der Waals surface area contributed by atoms with Crippen LogP contribution < -0.4 is 0 Å². The predicted molar refractivity (Wildman–Crippen MR) is 71.6 cm³/mol. The summed E-state index contributed by atoms with van der Waals surface area (Å²) in [6.45, 7) is 2.05. The van der Waals surface area contributed by atoms with E-state index in [1.165, 1.54) is 5.56 Å². The summed E-state index contributed by atoms with van der Waals surface area (Å²) in [7, 11) is 1.79. The second-order valence-corrected chi connectivity index (χ2v) is 5.25. The first-order valence-electron chi connectivity index (χ1n) is 5.70. The van der Waals surface area contributed by atoms with E-state index in [0.29, 0.717) is 12.2 Å². The molecule has 0 N–H and O–H groups in total. The van der Waals surface area contributed by atoms with Crippen molar-refractivity contribution in [1.29, 1.82) is 0 Å². The molecule has 0 aliphatic heterocycles. The highest BCUT2D eigenvalue weighted by atomic mass is 32.2. The summed E-state index contributed by atoms with van der Waals surface area (Å²) in [5.74, 6) is 0.641. The number of Topliss-reactive ketones (excluding diaryl/α,β-unsaturated/α-hetero) is 1. The minimum atomic E-state index is 0.169. The van der Waals surface area contributed by atoms with Gasteiger partial charge in [-0.1, -0.05) is 22.9 Å². The molecule has 0 unspecified atom stereocenters. The molecule has 0 aliphatic carbocycles. The Balaban J connectivity index is 1.85. The zero-order valence-corrected chi connectivity index (χ0v) is 11.3. The van der Waals surface area contributed by atoms with Crippen LogP contribution in [0.5, 0.6) is 0 Å². The van der Waals surface area contributed by atoms with Crippen molar-refractivity contribution in [3.63, 3.8) is 0 Å². The first kappa shape index (κ1) is 12.8. The molecule has 94 valence electrons. The smallest absolute Gasteiger partial charge is 0.149 e. The SMILES string of the molecule is Cc1cccc(SCC(=O)Cc2cn(C)nn2)c1. The van der Waals surface area contributed by atoms with E-state index in [9.17, 15) is 4.79 Å². The maximum absolute atomic E-state index is 11.8. The minimum Gasteiger partial charge on any atom is -0.298 e. The molecule has 0 bridgehead atoms. The van der Waals surface area contributed by atoms with Crippen molar-refractivity contribution in [1.82, 2.24) is 15.0 Å². The van der Waals surface area contributed by atoms with Crippen LogP contribution in [0.3, 0.4) is 0 Å². The zero-order chi connectivity index (χ0) is 13.0. The molecule has 2 rings (SSSR count). The van der Waals surface area contributed by atoms with Crippen LogP contribution in [0.15, 0.2) is 35.4 Å². The summed E-state index contributed by atoms with van der Waals surface area (Å²) in [5.41, 5.74) is 1.94. The third kappa shape index (κ3) is 3.70. The topological polar surface area (TPSA) is 47.8 Å². The van der Waals surface area contributed by atoms with Crippen LogP contribution >= 0.6 is 11.8 Å².